The number of carbonyl (C=O) groups excluding carboxylic acids is 2. The molecular formula is C20H29N3O3. The zero-order chi connectivity index (χ0) is 18.4. The van der Waals surface area contributed by atoms with Gasteiger partial charge < -0.3 is 14.2 Å². The summed E-state index contributed by atoms with van der Waals surface area (Å²) < 4.78 is 5.49. The molecule has 0 radical (unpaired) electrons. The third kappa shape index (κ3) is 2.57. The summed E-state index contributed by atoms with van der Waals surface area (Å²) in [5, 5.41) is 0. The van der Waals surface area contributed by atoms with Crippen LogP contribution in [0.1, 0.15) is 38.9 Å². The lowest BCUT2D eigenvalue weighted by Gasteiger charge is -2.46. The summed E-state index contributed by atoms with van der Waals surface area (Å²) in [6.45, 7) is 9.35. The van der Waals surface area contributed by atoms with Crippen LogP contribution >= 0.6 is 0 Å². The van der Waals surface area contributed by atoms with Crippen molar-refractivity contribution in [3.05, 3.63) is 24.2 Å². The number of hydrogen-bond acceptors (Lipinski definition) is 4. The number of rotatable bonds is 3. The molecule has 2 amide bonds. The lowest BCUT2D eigenvalue weighted by molar-refractivity contribution is -0.142. The predicted octanol–water partition coefficient (Wildman–Crippen LogP) is 1.96. The Kier molecular flexibility index (Phi) is 4.34. The van der Waals surface area contributed by atoms with E-state index in [0.717, 1.165) is 64.3 Å². The average Bonchev–Trinajstić information content (AvgIpc) is 3.32. The highest BCUT2D eigenvalue weighted by molar-refractivity contribution is 5.88. The molecule has 6 nitrogen and oxygen atoms in total. The molecule has 1 aromatic rings. The molecule has 0 aromatic carbocycles. The van der Waals surface area contributed by atoms with Gasteiger partial charge in [-0.15, -0.1) is 0 Å². The van der Waals surface area contributed by atoms with Crippen LogP contribution in [0.15, 0.2) is 22.8 Å². The van der Waals surface area contributed by atoms with Gasteiger partial charge in [-0.1, -0.05) is 0 Å². The smallest absolute Gasteiger partial charge is 0.231 e. The van der Waals surface area contributed by atoms with Gasteiger partial charge in [0.15, 0.2) is 0 Å². The van der Waals surface area contributed by atoms with Crippen LogP contribution in [0.25, 0.3) is 0 Å². The minimum atomic E-state index is -0.370. The average molecular weight is 359 g/mol. The van der Waals surface area contributed by atoms with Crippen molar-refractivity contribution in [2.24, 2.45) is 10.8 Å². The number of fused-ring (bicyclic) bond motifs is 1. The number of likely N-dealkylation sites (tertiary alicyclic amines) is 3. The molecule has 0 aliphatic carbocycles. The quantitative estimate of drug-likeness (QED) is 0.828. The van der Waals surface area contributed by atoms with Crippen molar-refractivity contribution in [3.8, 4) is 0 Å². The Morgan fingerprint density at radius 2 is 1.96 bits per heavy atom. The molecule has 1 unspecified atom stereocenters. The number of furan rings is 1. The molecule has 3 aliphatic rings. The fraction of sp³-hybridized carbons (Fsp3) is 0.700. The highest BCUT2D eigenvalue weighted by Crippen LogP contribution is 2.57. The molecular weight excluding hydrogens is 330 g/mol. The molecule has 0 saturated carbocycles. The SMILES string of the molecule is CCN1CCC2(CN(C(C)=O)CC23CCN(Cc2ccco2)CC3)C1=O. The second kappa shape index (κ2) is 6.41. The topological polar surface area (TPSA) is 57.0 Å². The summed E-state index contributed by atoms with van der Waals surface area (Å²) in [4.78, 5) is 31.7. The van der Waals surface area contributed by atoms with E-state index in [1.54, 1.807) is 13.2 Å². The van der Waals surface area contributed by atoms with Crippen LogP contribution in [0.2, 0.25) is 0 Å². The van der Waals surface area contributed by atoms with E-state index in [9.17, 15) is 9.59 Å². The van der Waals surface area contributed by atoms with Gasteiger partial charge >= 0.3 is 0 Å². The Morgan fingerprint density at radius 1 is 1.19 bits per heavy atom. The summed E-state index contributed by atoms with van der Waals surface area (Å²) in [7, 11) is 0. The molecule has 26 heavy (non-hydrogen) atoms. The highest BCUT2D eigenvalue weighted by atomic mass is 16.3. The van der Waals surface area contributed by atoms with Crippen LogP contribution in [0.5, 0.6) is 0 Å². The van der Waals surface area contributed by atoms with Crippen LogP contribution < -0.4 is 0 Å². The Balaban J connectivity index is 1.55. The maximum atomic E-state index is 13.3. The van der Waals surface area contributed by atoms with Crippen LogP contribution in [0, 0.1) is 10.8 Å². The van der Waals surface area contributed by atoms with Gasteiger partial charge in [0.2, 0.25) is 11.8 Å². The van der Waals surface area contributed by atoms with Crippen LogP contribution in [0.3, 0.4) is 0 Å². The number of nitrogens with zero attached hydrogens (tertiary/aromatic N) is 3. The zero-order valence-corrected chi connectivity index (χ0v) is 15.9. The number of piperidine rings is 1. The van der Waals surface area contributed by atoms with Crippen molar-refractivity contribution in [1.82, 2.24) is 14.7 Å². The number of hydrogen-bond donors (Lipinski definition) is 0. The van der Waals surface area contributed by atoms with E-state index < -0.39 is 0 Å². The van der Waals surface area contributed by atoms with E-state index >= 15 is 0 Å². The zero-order valence-electron chi connectivity index (χ0n) is 15.9. The Morgan fingerprint density at radius 3 is 2.54 bits per heavy atom. The van der Waals surface area contributed by atoms with Crippen molar-refractivity contribution in [1.29, 1.82) is 0 Å². The molecule has 3 fully saturated rings. The number of amides is 2. The monoisotopic (exact) mass is 359 g/mol. The summed E-state index contributed by atoms with van der Waals surface area (Å²) in [5.41, 5.74) is -0.440. The molecule has 6 heteroatoms. The molecule has 1 atom stereocenters. The van der Waals surface area contributed by atoms with Crippen molar-refractivity contribution in [2.45, 2.75) is 39.7 Å². The van der Waals surface area contributed by atoms with E-state index in [2.05, 4.69) is 4.90 Å². The molecule has 4 heterocycles. The molecule has 3 saturated heterocycles. The molecule has 4 rings (SSSR count). The third-order valence-electron chi connectivity index (χ3n) is 7.07. The predicted molar refractivity (Wildman–Crippen MR) is 97.2 cm³/mol. The van der Waals surface area contributed by atoms with Gasteiger partial charge in [0, 0.05) is 38.5 Å². The minimum absolute atomic E-state index is 0.0701. The van der Waals surface area contributed by atoms with E-state index in [1.807, 2.05) is 28.9 Å². The molecule has 142 valence electrons. The van der Waals surface area contributed by atoms with Crippen molar-refractivity contribution in [3.63, 3.8) is 0 Å². The van der Waals surface area contributed by atoms with E-state index in [1.165, 1.54) is 0 Å². The van der Waals surface area contributed by atoms with Crippen LogP contribution in [-0.2, 0) is 16.1 Å². The van der Waals surface area contributed by atoms with E-state index in [4.69, 9.17) is 4.42 Å². The normalized spacial score (nSPS) is 28.6. The van der Waals surface area contributed by atoms with Gasteiger partial charge in [-0.3, -0.25) is 14.5 Å². The lowest BCUT2D eigenvalue weighted by Crippen LogP contribution is -2.52. The van der Waals surface area contributed by atoms with Crippen molar-refractivity contribution in [2.75, 3.05) is 39.3 Å². The van der Waals surface area contributed by atoms with Gasteiger partial charge in [0.1, 0.15) is 5.76 Å². The van der Waals surface area contributed by atoms with Crippen molar-refractivity contribution < 1.29 is 14.0 Å². The largest absolute Gasteiger partial charge is 0.468 e. The molecule has 0 bridgehead atoms. The van der Waals surface area contributed by atoms with Crippen LogP contribution in [-0.4, -0.2) is 65.8 Å². The standard InChI is InChI=1S/C20H29N3O3/c1-3-22-11-8-20(18(22)25)15-23(16(2)24)14-19(20)6-9-21(10-7-19)13-17-5-4-12-26-17/h4-5,12H,3,6-11,13-15H2,1-2H3. The summed E-state index contributed by atoms with van der Waals surface area (Å²) >= 11 is 0. The van der Waals surface area contributed by atoms with Crippen LogP contribution in [0.4, 0.5) is 0 Å². The summed E-state index contributed by atoms with van der Waals surface area (Å²) in [6.07, 6.45) is 4.55. The Hall–Kier alpha value is -1.82. The van der Waals surface area contributed by atoms with E-state index in [0.29, 0.717) is 6.54 Å². The Bertz CT molecular complexity index is 678. The first-order valence-corrected chi connectivity index (χ1v) is 9.79. The lowest BCUT2D eigenvalue weighted by atomic mass is 9.60. The first kappa shape index (κ1) is 17.6. The van der Waals surface area contributed by atoms with Gasteiger partial charge in [-0.2, -0.15) is 0 Å². The van der Waals surface area contributed by atoms with Gasteiger partial charge in [-0.05, 0) is 51.4 Å². The maximum Gasteiger partial charge on any atom is 0.231 e. The van der Waals surface area contributed by atoms with Crippen molar-refractivity contribution >= 4 is 11.8 Å². The fourth-order valence-electron chi connectivity index (χ4n) is 5.46. The molecule has 0 N–H and O–H groups in total. The molecule has 2 spiro atoms. The number of carbonyl (C=O) groups is 2. The maximum absolute atomic E-state index is 13.3. The second-order valence-electron chi connectivity index (χ2n) is 8.23. The van der Waals surface area contributed by atoms with Gasteiger partial charge in [0.25, 0.3) is 0 Å². The van der Waals surface area contributed by atoms with E-state index in [-0.39, 0.29) is 22.6 Å². The first-order chi connectivity index (χ1) is 12.5. The third-order valence-corrected chi connectivity index (χ3v) is 7.07. The molecule has 3 aliphatic heterocycles. The highest BCUT2D eigenvalue weighted by Gasteiger charge is 2.65. The van der Waals surface area contributed by atoms with Gasteiger partial charge in [-0.25, -0.2) is 0 Å². The molecule has 1 aromatic heterocycles. The fourth-order valence-corrected chi connectivity index (χ4v) is 5.46. The first-order valence-electron chi connectivity index (χ1n) is 9.79. The summed E-state index contributed by atoms with van der Waals surface area (Å²) in [5.74, 6) is 1.37. The van der Waals surface area contributed by atoms with Gasteiger partial charge in [0.05, 0.1) is 18.2 Å². The minimum Gasteiger partial charge on any atom is -0.468 e. The second-order valence-corrected chi connectivity index (χ2v) is 8.23. The Labute approximate surface area is 155 Å². The summed E-state index contributed by atoms with van der Waals surface area (Å²) in [6, 6.07) is 3.94.